The van der Waals surface area contributed by atoms with Crippen LogP contribution >= 0.6 is 11.3 Å². The van der Waals surface area contributed by atoms with Crippen molar-refractivity contribution in [1.29, 1.82) is 0 Å². The zero-order valence-electron chi connectivity index (χ0n) is 24.7. The Labute approximate surface area is 255 Å². The number of methoxy groups -OCH3 is 3. The lowest BCUT2D eigenvalue weighted by molar-refractivity contribution is 0.0945. The minimum atomic E-state index is -0.512. The first-order valence-corrected chi connectivity index (χ1v) is 14.3. The van der Waals surface area contributed by atoms with Gasteiger partial charge in [-0.1, -0.05) is 60.2 Å². The maximum absolute atomic E-state index is 13.1. The fraction of sp³-hybridized carbons (Fsp3) is 0.176. The largest absolute Gasteiger partial charge is 0.493 e. The number of rotatable bonds is 9. The molecular formula is C34H34N2O6S. The highest BCUT2D eigenvalue weighted by molar-refractivity contribution is 7.23. The second-order valence-electron chi connectivity index (χ2n) is 9.27. The Balaban J connectivity index is 0.000000530. The van der Waals surface area contributed by atoms with Crippen LogP contribution in [-0.4, -0.2) is 39.7 Å². The number of carbonyl (C=O) groups excluding carboxylic acids is 2. The molecule has 0 saturated heterocycles. The first-order chi connectivity index (χ1) is 20.9. The molecule has 0 aliphatic carbocycles. The van der Waals surface area contributed by atoms with Gasteiger partial charge in [-0.05, 0) is 50.3 Å². The monoisotopic (exact) mass is 598 g/mol. The van der Waals surface area contributed by atoms with E-state index in [0.717, 1.165) is 6.29 Å². The number of anilines is 1. The molecule has 1 aliphatic heterocycles. The molecular weight excluding hydrogens is 564 g/mol. The van der Waals surface area contributed by atoms with Crippen molar-refractivity contribution < 1.29 is 28.5 Å². The molecule has 2 heterocycles. The number of aldehydes is 1. The molecule has 9 heteroatoms. The molecule has 0 saturated carbocycles. The molecule has 4 aromatic rings. The van der Waals surface area contributed by atoms with E-state index in [0.29, 0.717) is 55.0 Å². The minimum Gasteiger partial charge on any atom is -0.493 e. The third-order valence-corrected chi connectivity index (χ3v) is 7.60. The molecule has 0 spiro atoms. The highest BCUT2D eigenvalue weighted by Gasteiger charge is 2.29. The lowest BCUT2D eigenvalue weighted by atomic mass is 10.1. The van der Waals surface area contributed by atoms with Gasteiger partial charge in [0.25, 0.3) is 5.91 Å². The van der Waals surface area contributed by atoms with Crippen LogP contribution in [0.1, 0.15) is 33.2 Å². The zero-order valence-corrected chi connectivity index (χ0v) is 25.5. The van der Waals surface area contributed by atoms with Gasteiger partial charge in [0.15, 0.2) is 23.6 Å². The first kappa shape index (κ1) is 30.9. The van der Waals surface area contributed by atoms with Crippen LogP contribution in [0.25, 0.3) is 10.1 Å². The molecule has 0 radical (unpaired) electrons. The van der Waals surface area contributed by atoms with E-state index in [2.05, 4.69) is 29.7 Å². The normalized spacial score (nSPS) is 14.9. The molecule has 1 amide bonds. The van der Waals surface area contributed by atoms with E-state index in [-0.39, 0.29) is 5.91 Å². The van der Waals surface area contributed by atoms with Gasteiger partial charge < -0.3 is 29.6 Å². The first-order valence-electron chi connectivity index (χ1n) is 13.5. The van der Waals surface area contributed by atoms with Crippen LogP contribution in [0.5, 0.6) is 11.5 Å². The van der Waals surface area contributed by atoms with E-state index in [9.17, 15) is 9.59 Å². The van der Waals surface area contributed by atoms with Crippen molar-refractivity contribution in [2.24, 2.45) is 0 Å². The average molecular weight is 599 g/mol. The van der Waals surface area contributed by atoms with Crippen molar-refractivity contribution in [1.82, 2.24) is 5.32 Å². The number of nitrogens with one attached hydrogen (secondary N) is 2. The third-order valence-electron chi connectivity index (χ3n) is 6.47. The number of hydrogen-bond donors (Lipinski definition) is 2. The summed E-state index contributed by atoms with van der Waals surface area (Å²) in [6.45, 7) is 3.91. The summed E-state index contributed by atoms with van der Waals surface area (Å²) in [5.74, 6) is 2.15. The predicted molar refractivity (Wildman–Crippen MR) is 171 cm³/mol. The Morgan fingerprint density at radius 2 is 1.58 bits per heavy atom. The van der Waals surface area contributed by atoms with Crippen molar-refractivity contribution >= 4 is 38.6 Å². The Morgan fingerprint density at radius 1 is 0.884 bits per heavy atom. The smallest absolute Gasteiger partial charge is 0.256 e. The predicted octanol–water partition coefficient (Wildman–Crippen LogP) is 7.59. The number of thiophene rings is 1. The molecule has 222 valence electrons. The van der Waals surface area contributed by atoms with Gasteiger partial charge in [0.2, 0.25) is 5.76 Å². The Morgan fingerprint density at radius 3 is 2.14 bits per heavy atom. The number of ether oxygens (including phenoxy) is 4. The van der Waals surface area contributed by atoms with Crippen LogP contribution in [0.3, 0.4) is 0 Å². The number of para-hydroxylation sites is 1. The van der Waals surface area contributed by atoms with Gasteiger partial charge in [-0.2, -0.15) is 0 Å². The highest BCUT2D eigenvalue weighted by atomic mass is 32.1. The maximum atomic E-state index is 13.1. The number of fused-ring (bicyclic) bond motifs is 3. The van der Waals surface area contributed by atoms with Crippen molar-refractivity contribution in [3.05, 3.63) is 125 Å². The van der Waals surface area contributed by atoms with Crippen LogP contribution in [0.15, 0.2) is 108 Å². The minimum absolute atomic E-state index is 0.241. The summed E-state index contributed by atoms with van der Waals surface area (Å²) in [7, 11) is 4.60. The summed E-state index contributed by atoms with van der Waals surface area (Å²) in [6, 6.07) is 22.9. The topological polar surface area (TPSA) is 95.1 Å². The Hall–Kier alpha value is -5.02. The zero-order chi connectivity index (χ0) is 30.8. The van der Waals surface area contributed by atoms with Gasteiger partial charge in [0.05, 0.1) is 37.2 Å². The molecule has 0 bridgehead atoms. The van der Waals surface area contributed by atoms with Crippen molar-refractivity contribution in [2.45, 2.75) is 20.0 Å². The van der Waals surface area contributed by atoms with Gasteiger partial charge in [0.1, 0.15) is 16.9 Å². The molecule has 1 unspecified atom stereocenters. The summed E-state index contributed by atoms with van der Waals surface area (Å²) < 4.78 is 23.1. The van der Waals surface area contributed by atoms with Crippen LogP contribution in [-0.2, 0) is 14.2 Å². The molecule has 1 atom stereocenters. The van der Waals surface area contributed by atoms with E-state index in [1.54, 1.807) is 37.5 Å². The fourth-order valence-corrected chi connectivity index (χ4v) is 5.62. The molecule has 3 aromatic carbocycles. The molecule has 2 N–H and O–H groups in total. The van der Waals surface area contributed by atoms with E-state index in [1.807, 2.05) is 55.5 Å². The summed E-state index contributed by atoms with van der Waals surface area (Å²) in [5.41, 5.74) is 2.23. The summed E-state index contributed by atoms with van der Waals surface area (Å²) in [5, 5.41) is 7.64. The van der Waals surface area contributed by atoms with E-state index in [1.165, 1.54) is 31.1 Å². The number of aryl methyl sites for hydroxylation is 1. The SMILES string of the molecule is C\C=C(OC)/C(OC)=C(\C=C\C1NC(=O)c2c(sc3c(Oc4ccccc4)c(C=O)ccc23)N1)OC.Cc1ccccc1. The molecule has 0 fully saturated rings. The van der Waals surface area contributed by atoms with Gasteiger partial charge >= 0.3 is 0 Å². The van der Waals surface area contributed by atoms with Crippen LogP contribution in [0.2, 0.25) is 0 Å². The summed E-state index contributed by atoms with van der Waals surface area (Å²) >= 11 is 1.36. The van der Waals surface area contributed by atoms with Crippen LogP contribution < -0.4 is 15.4 Å². The van der Waals surface area contributed by atoms with E-state index < -0.39 is 6.17 Å². The third kappa shape index (κ3) is 7.25. The van der Waals surface area contributed by atoms with Crippen LogP contribution in [0.4, 0.5) is 5.00 Å². The van der Waals surface area contributed by atoms with E-state index >= 15 is 0 Å². The lowest BCUT2D eigenvalue weighted by Crippen LogP contribution is -2.43. The Kier molecular flexibility index (Phi) is 10.6. The number of benzene rings is 3. The highest BCUT2D eigenvalue weighted by Crippen LogP contribution is 2.44. The van der Waals surface area contributed by atoms with Crippen LogP contribution in [0, 0.1) is 6.92 Å². The number of hydrogen-bond acceptors (Lipinski definition) is 8. The van der Waals surface area contributed by atoms with Gasteiger partial charge in [0, 0.05) is 5.39 Å². The molecule has 43 heavy (non-hydrogen) atoms. The Bertz CT molecular complexity index is 1660. The molecule has 5 rings (SSSR count). The lowest BCUT2D eigenvalue weighted by Gasteiger charge is -2.23. The van der Waals surface area contributed by atoms with Crippen molar-refractivity contribution in [2.75, 3.05) is 26.6 Å². The van der Waals surface area contributed by atoms with Gasteiger partial charge in [-0.3, -0.25) is 9.59 Å². The van der Waals surface area contributed by atoms with Gasteiger partial charge in [-0.25, -0.2) is 0 Å². The summed E-state index contributed by atoms with van der Waals surface area (Å²) in [6.07, 6.45) is 5.46. The second kappa shape index (κ2) is 14.7. The number of allylic oxidation sites excluding steroid dienone is 2. The van der Waals surface area contributed by atoms with E-state index in [4.69, 9.17) is 18.9 Å². The fourth-order valence-electron chi connectivity index (χ4n) is 4.39. The number of amides is 1. The van der Waals surface area contributed by atoms with Crippen molar-refractivity contribution in [3.8, 4) is 11.5 Å². The summed E-state index contributed by atoms with van der Waals surface area (Å²) in [4.78, 5) is 24.9. The maximum Gasteiger partial charge on any atom is 0.256 e. The van der Waals surface area contributed by atoms with Crippen molar-refractivity contribution in [3.63, 3.8) is 0 Å². The quantitative estimate of drug-likeness (QED) is 0.116. The molecule has 8 nitrogen and oxygen atoms in total. The standard InChI is InChI=1S/C27H26N2O6S.C7H8/c1-5-19(32-2)24(34-4)20(33-3)13-14-21-28-26(31)22-18-12-11-16(15-30)23(25(18)36-27(22)29-21)35-17-9-7-6-8-10-17;1-7-5-3-2-4-6-7/h5-15,21,29H,1-4H3,(H,28,31);2-6H,1H3/b14-13+,19-5+,24-20-;. The van der Waals surface area contributed by atoms with Gasteiger partial charge in [-0.15, -0.1) is 11.3 Å². The number of carbonyl (C=O) groups is 2. The molecule has 1 aliphatic rings. The molecule has 1 aromatic heterocycles. The average Bonchev–Trinajstić information content (AvgIpc) is 3.41. The second-order valence-corrected chi connectivity index (χ2v) is 10.3.